The van der Waals surface area contributed by atoms with Gasteiger partial charge in [-0.1, -0.05) is 12.8 Å². The van der Waals surface area contributed by atoms with Crippen molar-refractivity contribution in [2.45, 2.75) is 52.0 Å². The van der Waals surface area contributed by atoms with Gasteiger partial charge in [0.25, 0.3) is 5.91 Å². The standard InChI is InChI=1S/C18H27N3O2.ClH/c1-17(2,3)21-15(22)13-6-8-14(9-7-13)20-16(23)18(12-19)10-4-5-11-18;/h6-9H,4-5,10-12,19H2,1-3H3,(H,20,23)(H,21,22);1H. The number of hydrogen-bond donors (Lipinski definition) is 3. The second kappa shape index (κ2) is 7.99. The largest absolute Gasteiger partial charge is 0.347 e. The number of halogens is 1. The Hall–Kier alpha value is -1.59. The van der Waals surface area contributed by atoms with E-state index in [2.05, 4.69) is 10.6 Å². The Kier molecular flexibility index (Phi) is 6.81. The second-order valence-electron chi connectivity index (χ2n) is 7.43. The molecule has 134 valence electrons. The Morgan fingerprint density at radius 1 is 1.12 bits per heavy atom. The highest BCUT2D eigenvalue weighted by molar-refractivity contribution is 5.97. The van der Waals surface area contributed by atoms with Crippen molar-refractivity contribution in [1.29, 1.82) is 0 Å². The fourth-order valence-electron chi connectivity index (χ4n) is 2.96. The first kappa shape index (κ1) is 20.5. The number of benzene rings is 1. The van der Waals surface area contributed by atoms with Crippen LogP contribution in [0.3, 0.4) is 0 Å². The summed E-state index contributed by atoms with van der Waals surface area (Å²) < 4.78 is 0. The Balaban J connectivity index is 0.00000288. The Morgan fingerprint density at radius 2 is 1.67 bits per heavy atom. The molecule has 24 heavy (non-hydrogen) atoms. The van der Waals surface area contributed by atoms with Crippen LogP contribution >= 0.6 is 12.4 Å². The van der Waals surface area contributed by atoms with Gasteiger partial charge >= 0.3 is 0 Å². The van der Waals surface area contributed by atoms with Gasteiger partial charge in [0, 0.05) is 23.3 Å². The molecule has 0 unspecified atom stereocenters. The highest BCUT2D eigenvalue weighted by atomic mass is 35.5. The topological polar surface area (TPSA) is 84.2 Å². The van der Waals surface area contributed by atoms with E-state index in [-0.39, 0.29) is 29.8 Å². The molecular formula is C18H28ClN3O2. The van der Waals surface area contributed by atoms with Crippen LogP contribution in [0.25, 0.3) is 0 Å². The first-order valence-corrected chi connectivity index (χ1v) is 8.20. The maximum atomic E-state index is 12.5. The van der Waals surface area contributed by atoms with E-state index < -0.39 is 5.41 Å². The minimum atomic E-state index is -0.428. The molecule has 1 saturated carbocycles. The smallest absolute Gasteiger partial charge is 0.251 e. The molecule has 1 aliphatic carbocycles. The fourth-order valence-corrected chi connectivity index (χ4v) is 2.96. The van der Waals surface area contributed by atoms with Gasteiger partial charge in [0.15, 0.2) is 0 Å². The van der Waals surface area contributed by atoms with Crippen LogP contribution in [-0.2, 0) is 4.79 Å². The van der Waals surface area contributed by atoms with Gasteiger partial charge in [-0.3, -0.25) is 9.59 Å². The van der Waals surface area contributed by atoms with E-state index >= 15 is 0 Å². The zero-order valence-electron chi connectivity index (χ0n) is 14.6. The third-order valence-electron chi connectivity index (χ3n) is 4.33. The third-order valence-corrected chi connectivity index (χ3v) is 4.33. The lowest BCUT2D eigenvalue weighted by Crippen LogP contribution is -2.40. The summed E-state index contributed by atoms with van der Waals surface area (Å²) in [5.74, 6) is -0.131. The van der Waals surface area contributed by atoms with Crippen molar-refractivity contribution in [3.8, 4) is 0 Å². The summed E-state index contributed by atoms with van der Waals surface area (Å²) in [5.41, 5.74) is 6.40. The van der Waals surface area contributed by atoms with Crippen LogP contribution in [0, 0.1) is 5.41 Å². The summed E-state index contributed by atoms with van der Waals surface area (Å²) in [6, 6.07) is 6.96. The van der Waals surface area contributed by atoms with E-state index in [1.54, 1.807) is 24.3 Å². The summed E-state index contributed by atoms with van der Waals surface area (Å²) in [7, 11) is 0. The van der Waals surface area contributed by atoms with Gasteiger partial charge < -0.3 is 16.4 Å². The van der Waals surface area contributed by atoms with Crippen LogP contribution in [0.15, 0.2) is 24.3 Å². The SMILES string of the molecule is CC(C)(C)NC(=O)c1ccc(NC(=O)C2(CN)CCCC2)cc1.Cl. The number of nitrogens with one attached hydrogen (secondary N) is 2. The normalized spacial score (nSPS) is 16.2. The summed E-state index contributed by atoms with van der Waals surface area (Å²) in [4.78, 5) is 24.6. The molecule has 2 amide bonds. The minimum absolute atomic E-state index is 0. The van der Waals surface area contributed by atoms with Crippen LogP contribution in [0.4, 0.5) is 5.69 Å². The van der Waals surface area contributed by atoms with Crippen LogP contribution in [0.5, 0.6) is 0 Å². The lowest BCUT2D eigenvalue weighted by Gasteiger charge is -2.25. The van der Waals surface area contributed by atoms with Gasteiger partial charge in [0.2, 0.25) is 5.91 Å². The Morgan fingerprint density at radius 3 is 2.12 bits per heavy atom. The maximum Gasteiger partial charge on any atom is 0.251 e. The molecule has 0 bridgehead atoms. The third kappa shape index (κ3) is 4.95. The number of hydrogen-bond acceptors (Lipinski definition) is 3. The van der Waals surface area contributed by atoms with E-state index in [4.69, 9.17) is 5.73 Å². The zero-order valence-corrected chi connectivity index (χ0v) is 15.5. The second-order valence-corrected chi connectivity index (χ2v) is 7.43. The van der Waals surface area contributed by atoms with E-state index in [1.165, 1.54) is 0 Å². The highest BCUT2D eigenvalue weighted by Crippen LogP contribution is 2.38. The predicted octanol–water partition coefficient (Wildman–Crippen LogP) is 3.09. The van der Waals surface area contributed by atoms with Gasteiger partial charge in [0.1, 0.15) is 0 Å². The molecule has 0 atom stereocenters. The van der Waals surface area contributed by atoms with E-state index in [0.717, 1.165) is 25.7 Å². The summed E-state index contributed by atoms with van der Waals surface area (Å²) in [5, 5.41) is 5.85. The van der Waals surface area contributed by atoms with Gasteiger partial charge in [-0.25, -0.2) is 0 Å². The van der Waals surface area contributed by atoms with Crippen molar-refractivity contribution in [2.75, 3.05) is 11.9 Å². The van der Waals surface area contributed by atoms with Gasteiger partial charge in [0.05, 0.1) is 5.41 Å². The quantitative estimate of drug-likeness (QED) is 0.777. The number of carbonyl (C=O) groups excluding carboxylic acids is 2. The number of rotatable bonds is 4. The lowest BCUT2D eigenvalue weighted by molar-refractivity contribution is -0.124. The molecule has 0 spiro atoms. The molecule has 1 aromatic carbocycles. The number of amides is 2. The van der Waals surface area contributed by atoms with Crippen molar-refractivity contribution in [2.24, 2.45) is 11.1 Å². The zero-order chi connectivity index (χ0) is 17.1. The molecule has 1 fully saturated rings. The first-order chi connectivity index (χ1) is 10.8. The van der Waals surface area contributed by atoms with Crippen LogP contribution in [0.2, 0.25) is 0 Å². The summed E-state index contributed by atoms with van der Waals surface area (Å²) >= 11 is 0. The average Bonchev–Trinajstić information content (AvgIpc) is 2.96. The monoisotopic (exact) mass is 353 g/mol. The molecule has 4 N–H and O–H groups in total. The molecule has 6 heteroatoms. The first-order valence-electron chi connectivity index (χ1n) is 8.20. The highest BCUT2D eigenvalue weighted by Gasteiger charge is 2.39. The van der Waals surface area contributed by atoms with Crippen LogP contribution in [-0.4, -0.2) is 23.9 Å². The van der Waals surface area contributed by atoms with Crippen molar-refractivity contribution in [3.63, 3.8) is 0 Å². The van der Waals surface area contributed by atoms with Crippen LogP contribution in [0.1, 0.15) is 56.8 Å². The molecule has 1 aromatic rings. The molecule has 0 saturated heterocycles. The maximum absolute atomic E-state index is 12.5. The lowest BCUT2D eigenvalue weighted by atomic mass is 9.85. The van der Waals surface area contributed by atoms with Gasteiger partial charge in [-0.15, -0.1) is 12.4 Å². The minimum Gasteiger partial charge on any atom is -0.347 e. The molecule has 5 nitrogen and oxygen atoms in total. The number of carbonyl (C=O) groups is 2. The Labute approximate surface area is 150 Å². The number of anilines is 1. The van der Waals surface area contributed by atoms with Crippen molar-refractivity contribution in [3.05, 3.63) is 29.8 Å². The van der Waals surface area contributed by atoms with Crippen molar-refractivity contribution in [1.82, 2.24) is 5.32 Å². The molecule has 2 rings (SSSR count). The predicted molar refractivity (Wildman–Crippen MR) is 99.5 cm³/mol. The summed E-state index contributed by atoms with van der Waals surface area (Å²) in [6.07, 6.45) is 3.80. The number of nitrogens with two attached hydrogens (primary N) is 1. The molecule has 0 aromatic heterocycles. The fraction of sp³-hybridized carbons (Fsp3) is 0.556. The van der Waals surface area contributed by atoms with E-state index in [1.807, 2.05) is 20.8 Å². The molecule has 0 aliphatic heterocycles. The summed E-state index contributed by atoms with van der Waals surface area (Å²) in [6.45, 7) is 6.19. The van der Waals surface area contributed by atoms with E-state index in [9.17, 15) is 9.59 Å². The molecule has 1 aliphatic rings. The van der Waals surface area contributed by atoms with Crippen LogP contribution < -0.4 is 16.4 Å². The molecule has 0 radical (unpaired) electrons. The van der Waals surface area contributed by atoms with Crippen molar-refractivity contribution >= 4 is 29.9 Å². The van der Waals surface area contributed by atoms with Crippen molar-refractivity contribution < 1.29 is 9.59 Å². The molecule has 0 heterocycles. The molecular weight excluding hydrogens is 326 g/mol. The Bertz CT molecular complexity index is 573. The van der Waals surface area contributed by atoms with E-state index in [0.29, 0.717) is 17.8 Å². The van der Waals surface area contributed by atoms with Gasteiger partial charge in [-0.05, 0) is 57.9 Å². The van der Waals surface area contributed by atoms with Gasteiger partial charge in [-0.2, -0.15) is 0 Å². The average molecular weight is 354 g/mol.